The molecule has 0 spiro atoms. The van der Waals surface area contributed by atoms with Crippen molar-refractivity contribution < 1.29 is 4.74 Å². The molecule has 1 aliphatic rings. The number of hydrogen-bond donors (Lipinski definition) is 2. The Kier molecular flexibility index (Phi) is 4.30. The number of nitrogens with one attached hydrogen (secondary N) is 2. The molecule has 0 unspecified atom stereocenters. The number of nitrogens with zero attached hydrogens (tertiary/aromatic N) is 1. The molecule has 1 fully saturated rings. The van der Waals surface area contributed by atoms with Crippen LogP contribution >= 0.6 is 0 Å². The number of ether oxygens (including phenoxy) is 1. The number of aromatic nitrogens is 1. The fourth-order valence-corrected chi connectivity index (χ4v) is 3.12. The molecule has 0 aliphatic carbocycles. The first kappa shape index (κ1) is 15.0. The van der Waals surface area contributed by atoms with Gasteiger partial charge in [0.15, 0.2) is 0 Å². The molecule has 24 heavy (non-hydrogen) atoms. The molecule has 122 valence electrons. The summed E-state index contributed by atoms with van der Waals surface area (Å²) in [6.07, 6.45) is 2.96. The van der Waals surface area contributed by atoms with Crippen LogP contribution in [0.3, 0.4) is 0 Å². The first-order chi connectivity index (χ1) is 11.9. The highest BCUT2D eigenvalue weighted by Gasteiger charge is 2.16. The zero-order chi connectivity index (χ0) is 16.2. The van der Waals surface area contributed by atoms with Gasteiger partial charge < -0.3 is 15.4 Å². The van der Waals surface area contributed by atoms with E-state index in [9.17, 15) is 0 Å². The van der Waals surface area contributed by atoms with E-state index < -0.39 is 0 Å². The summed E-state index contributed by atoms with van der Waals surface area (Å²) in [5, 5.41) is 8.12. The maximum atomic E-state index is 6.03. The van der Waals surface area contributed by atoms with Crippen molar-refractivity contribution in [2.75, 3.05) is 18.4 Å². The van der Waals surface area contributed by atoms with Gasteiger partial charge >= 0.3 is 0 Å². The van der Waals surface area contributed by atoms with Crippen LogP contribution in [-0.2, 0) is 6.61 Å². The highest BCUT2D eigenvalue weighted by atomic mass is 16.5. The number of pyridine rings is 1. The minimum absolute atomic E-state index is 0.476. The largest absolute Gasteiger partial charge is 0.487 e. The molecule has 0 bridgehead atoms. The van der Waals surface area contributed by atoms with E-state index in [4.69, 9.17) is 4.74 Å². The van der Waals surface area contributed by atoms with E-state index in [1.807, 2.05) is 36.5 Å². The Morgan fingerprint density at radius 1 is 1.08 bits per heavy atom. The molecule has 2 heterocycles. The number of anilines is 1. The van der Waals surface area contributed by atoms with Crippen molar-refractivity contribution in [2.45, 2.75) is 19.1 Å². The van der Waals surface area contributed by atoms with Crippen LogP contribution in [0.1, 0.15) is 12.0 Å². The van der Waals surface area contributed by atoms with Crippen molar-refractivity contribution in [2.24, 2.45) is 0 Å². The monoisotopic (exact) mass is 319 g/mol. The normalized spacial score (nSPS) is 17.1. The number of hydrogen-bond acceptors (Lipinski definition) is 4. The molecule has 1 saturated heterocycles. The lowest BCUT2D eigenvalue weighted by molar-refractivity contribution is 0.309. The molecular formula is C20H21N3O. The zero-order valence-corrected chi connectivity index (χ0v) is 13.5. The highest BCUT2D eigenvalue weighted by Crippen LogP contribution is 2.31. The van der Waals surface area contributed by atoms with Crippen LogP contribution in [0.4, 0.5) is 5.69 Å². The average Bonchev–Trinajstić information content (AvgIpc) is 3.15. The average molecular weight is 319 g/mol. The van der Waals surface area contributed by atoms with Gasteiger partial charge in [0.2, 0.25) is 0 Å². The Balaban J connectivity index is 1.60. The molecule has 2 N–H and O–H groups in total. The summed E-state index contributed by atoms with van der Waals surface area (Å²) in [4.78, 5) is 4.55. The van der Waals surface area contributed by atoms with Crippen LogP contribution < -0.4 is 15.4 Å². The van der Waals surface area contributed by atoms with Gasteiger partial charge in [0, 0.05) is 29.9 Å². The molecule has 4 heteroatoms. The zero-order valence-electron chi connectivity index (χ0n) is 13.5. The van der Waals surface area contributed by atoms with E-state index in [-0.39, 0.29) is 0 Å². The van der Waals surface area contributed by atoms with Crippen molar-refractivity contribution in [3.05, 3.63) is 66.4 Å². The third kappa shape index (κ3) is 3.19. The van der Waals surface area contributed by atoms with Crippen LogP contribution in [0.15, 0.2) is 60.8 Å². The third-order valence-corrected chi connectivity index (χ3v) is 4.39. The Morgan fingerprint density at radius 3 is 2.83 bits per heavy atom. The summed E-state index contributed by atoms with van der Waals surface area (Å²) in [7, 11) is 0. The standard InChI is InChI=1S/C20H21N3O/c1-2-5-15(6-3-1)14-24-19-9-8-18(23-16-10-12-21-13-16)17-7-4-11-22-20(17)19/h1-9,11,16,21,23H,10,12-14H2/t16-/m0/s1. The maximum Gasteiger partial charge on any atom is 0.146 e. The first-order valence-corrected chi connectivity index (χ1v) is 8.42. The first-order valence-electron chi connectivity index (χ1n) is 8.42. The molecule has 4 nitrogen and oxygen atoms in total. The lowest BCUT2D eigenvalue weighted by Gasteiger charge is -2.16. The fraction of sp³-hybridized carbons (Fsp3) is 0.250. The molecule has 0 amide bonds. The van der Waals surface area contributed by atoms with E-state index in [0.717, 1.165) is 47.4 Å². The molecule has 2 aromatic carbocycles. The summed E-state index contributed by atoms with van der Waals surface area (Å²) < 4.78 is 6.03. The maximum absolute atomic E-state index is 6.03. The van der Waals surface area contributed by atoms with Crippen LogP contribution in [0.2, 0.25) is 0 Å². The van der Waals surface area contributed by atoms with Crippen molar-refractivity contribution in [1.29, 1.82) is 0 Å². The summed E-state index contributed by atoms with van der Waals surface area (Å²) >= 11 is 0. The van der Waals surface area contributed by atoms with Crippen molar-refractivity contribution >= 4 is 16.6 Å². The van der Waals surface area contributed by atoms with E-state index >= 15 is 0 Å². The topological polar surface area (TPSA) is 46.2 Å². The third-order valence-electron chi connectivity index (χ3n) is 4.39. The molecule has 1 atom stereocenters. The van der Waals surface area contributed by atoms with Gasteiger partial charge in [0.05, 0.1) is 0 Å². The highest BCUT2D eigenvalue weighted by molar-refractivity contribution is 5.95. The van der Waals surface area contributed by atoms with E-state index in [1.165, 1.54) is 0 Å². The van der Waals surface area contributed by atoms with E-state index in [0.29, 0.717) is 12.6 Å². The van der Waals surface area contributed by atoms with Gasteiger partial charge in [-0.3, -0.25) is 4.98 Å². The lowest BCUT2D eigenvalue weighted by atomic mass is 10.1. The van der Waals surface area contributed by atoms with Gasteiger partial charge in [0.25, 0.3) is 0 Å². The summed E-state index contributed by atoms with van der Waals surface area (Å²) in [6.45, 7) is 2.63. The second kappa shape index (κ2) is 6.89. The molecular weight excluding hydrogens is 298 g/mol. The van der Waals surface area contributed by atoms with Crippen molar-refractivity contribution in [1.82, 2.24) is 10.3 Å². The minimum Gasteiger partial charge on any atom is -0.487 e. The van der Waals surface area contributed by atoms with Gasteiger partial charge in [-0.1, -0.05) is 30.3 Å². The summed E-state index contributed by atoms with van der Waals surface area (Å²) in [5.74, 6) is 0.824. The molecule has 1 aromatic heterocycles. The lowest BCUT2D eigenvalue weighted by Crippen LogP contribution is -2.22. The number of rotatable bonds is 5. The van der Waals surface area contributed by atoms with Gasteiger partial charge in [-0.05, 0) is 42.8 Å². The minimum atomic E-state index is 0.476. The summed E-state index contributed by atoms with van der Waals surface area (Å²) in [5.41, 5.74) is 3.18. The molecule has 0 radical (unpaired) electrons. The van der Waals surface area contributed by atoms with Gasteiger partial charge in [0.1, 0.15) is 17.9 Å². The predicted molar refractivity (Wildman–Crippen MR) is 97.4 cm³/mol. The van der Waals surface area contributed by atoms with Gasteiger partial charge in [-0.2, -0.15) is 0 Å². The van der Waals surface area contributed by atoms with Gasteiger partial charge in [-0.15, -0.1) is 0 Å². The molecule has 4 rings (SSSR count). The quantitative estimate of drug-likeness (QED) is 0.754. The van der Waals surface area contributed by atoms with E-state index in [1.54, 1.807) is 0 Å². The molecule has 1 aliphatic heterocycles. The predicted octanol–water partition coefficient (Wildman–Crippen LogP) is 3.59. The van der Waals surface area contributed by atoms with Crippen LogP contribution in [0.25, 0.3) is 10.9 Å². The van der Waals surface area contributed by atoms with Crippen molar-refractivity contribution in [3.8, 4) is 5.75 Å². The van der Waals surface area contributed by atoms with E-state index in [2.05, 4.69) is 39.9 Å². The van der Waals surface area contributed by atoms with Crippen molar-refractivity contribution in [3.63, 3.8) is 0 Å². The van der Waals surface area contributed by atoms with Gasteiger partial charge in [-0.25, -0.2) is 0 Å². The SMILES string of the molecule is c1ccc(COc2ccc(N[C@H]3CCNC3)c3cccnc23)cc1. The fourth-order valence-electron chi connectivity index (χ4n) is 3.12. The second-order valence-corrected chi connectivity index (χ2v) is 6.12. The smallest absolute Gasteiger partial charge is 0.146 e. The second-order valence-electron chi connectivity index (χ2n) is 6.12. The summed E-state index contributed by atoms with van der Waals surface area (Å²) in [6, 6.07) is 18.9. The van der Waals surface area contributed by atoms with Crippen LogP contribution in [0, 0.1) is 0 Å². The number of benzene rings is 2. The molecule has 0 saturated carbocycles. The Hall–Kier alpha value is -2.59. The Bertz CT molecular complexity index is 813. The molecule has 3 aromatic rings. The number of fused-ring (bicyclic) bond motifs is 1. The Morgan fingerprint density at radius 2 is 2.00 bits per heavy atom. The van der Waals surface area contributed by atoms with Crippen LogP contribution in [-0.4, -0.2) is 24.1 Å². The Labute approximate surface area is 141 Å². The van der Waals surface area contributed by atoms with Crippen LogP contribution in [0.5, 0.6) is 5.75 Å².